The van der Waals surface area contributed by atoms with Crippen LogP contribution in [0, 0.1) is 0 Å². The number of amides is 1. The lowest BCUT2D eigenvalue weighted by atomic mass is 10.1. The van der Waals surface area contributed by atoms with Gasteiger partial charge in [-0.3, -0.25) is 4.79 Å². The summed E-state index contributed by atoms with van der Waals surface area (Å²) in [7, 11) is 1.61. The Morgan fingerprint density at radius 3 is 2.46 bits per heavy atom. The molecule has 8 heteroatoms. The largest absolute Gasteiger partial charge is 0.497 e. The van der Waals surface area contributed by atoms with Gasteiger partial charge in [-0.25, -0.2) is 4.68 Å². The third kappa shape index (κ3) is 4.45. The van der Waals surface area contributed by atoms with E-state index < -0.39 is 0 Å². The monoisotopic (exact) mass is 397 g/mol. The minimum Gasteiger partial charge on any atom is -0.497 e. The number of nitrogen functional groups attached to an aromatic ring is 1. The van der Waals surface area contributed by atoms with Gasteiger partial charge in [-0.1, -0.05) is 30.8 Å². The van der Waals surface area contributed by atoms with Gasteiger partial charge in [0, 0.05) is 11.3 Å². The number of ether oxygens (including phenoxy) is 1. The SMILES string of the molecule is CCc1ccc(NC(=O)[C@H](C)Sc2nnc(-c3ccc(OC)cc3)n2N)cc1. The molecule has 1 heterocycles. The van der Waals surface area contributed by atoms with Gasteiger partial charge in [0.05, 0.1) is 12.4 Å². The molecule has 0 aliphatic carbocycles. The Hall–Kier alpha value is -3.00. The molecule has 0 unspecified atom stereocenters. The molecule has 0 fully saturated rings. The molecule has 1 aromatic heterocycles. The van der Waals surface area contributed by atoms with Crippen LogP contribution >= 0.6 is 11.8 Å². The van der Waals surface area contributed by atoms with Crippen molar-refractivity contribution < 1.29 is 9.53 Å². The van der Waals surface area contributed by atoms with Crippen LogP contribution < -0.4 is 15.9 Å². The molecule has 3 aromatic rings. The number of carbonyl (C=O) groups is 1. The van der Waals surface area contributed by atoms with E-state index in [9.17, 15) is 4.79 Å². The van der Waals surface area contributed by atoms with Crippen molar-refractivity contribution in [3.8, 4) is 17.1 Å². The standard InChI is InChI=1S/C20H23N5O2S/c1-4-14-5-9-16(10-6-14)22-19(26)13(2)28-20-24-23-18(25(20)21)15-7-11-17(27-3)12-8-15/h5-13H,4,21H2,1-3H3,(H,22,26)/t13-/m0/s1. The molecule has 0 saturated heterocycles. The number of nitrogens with one attached hydrogen (secondary N) is 1. The van der Waals surface area contributed by atoms with Gasteiger partial charge >= 0.3 is 0 Å². The third-order valence-electron chi connectivity index (χ3n) is 4.29. The number of benzene rings is 2. The van der Waals surface area contributed by atoms with Crippen molar-refractivity contribution in [3.05, 3.63) is 54.1 Å². The van der Waals surface area contributed by atoms with Crippen molar-refractivity contribution in [2.24, 2.45) is 0 Å². The molecule has 3 N–H and O–H groups in total. The van der Waals surface area contributed by atoms with Crippen molar-refractivity contribution in [3.63, 3.8) is 0 Å². The van der Waals surface area contributed by atoms with Gasteiger partial charge in [0.2, 0.25) is 11.1 Å². The third-order valence-corrected chi connectivity index (χ3v) is 5.35. The summed E-state index contributed by atoms with van der Waals surface area (Å²) < 4.78 is 6.55. The van der Waals surface area contributed by atoms with Crippen molar-refractivity contribution in [2.45, 2.75) is 30.7 Å². The molecule has 0 aliphatic heterocycles. The minimum atomic E-state index is -0.388. The molecule has 1 amide bonds. The molecule has 0 saturated carbocycles. The molecule has 0 aliphatic rings. The van der Waals surface area contributed by atoms with E-state index >= 15 is 0 Å². The molecule has 7 nitrogen and oxygen atoms in total. The van der Waals surface area contributed by atoms with E-state index in [-0.39, 0.29) is 11.2 Å². The van der Waals surface area contributed by atoms with Crippen molar-refractivity contribution in [1.82, 2.24) is 14.9 Å². The number of carbonyl (C=O) groups excluding carboxylic acids is 1. The molecule has 146 valence electrons. The molecular weight excluding hydrogens is 374 g/mol. The first kappa shape index (κ1) is 19.8. The number of aromatic nitrogens is 3. The van der Waals surface area contributed by atoms with Crippen LogP contribution in [0.4, 0.5) is 5.69 Å². The summed E-state index contributed by atoms with van der Waals surface area (Å²) in [5.74, 6) is 7.29. The maximum absolute atomic E-state index is 12.5. The summed E-state index contributed by atoms with van der Waals surface area (Å²) in [5, 5.41) is 11.3. The topological polar surface area (TPSA) is 95.1 Å². The van der Waals surface area contributed by atoms with Gasteiger partial charge in [0.1, 0.15) is 5.75 Å². The van der Waals surface area contributed by atoms with E-state index in [1.807, 2.05) is 55.5 Å². The van der Waals surface area contributed by atoms with E-state index in [0.717, 1.165) is 23.4 Å². The fourth-order valence-corrected chi connectivity index (χ4v) is 3.34. The van der Waals surface area contributed by atoms with E-state index in [1.165, 1.54) is 22.0 Å². The zero-order valence-electron chi connectivity index (χ0n) is 16.0. The molecule has 28 heavy (non-hydrogen) atoms. The van der Waals surface area contributed by atoms with Gasteiger partial charge in [0.25, 0.3) is 0 Å². The zero-order valence-corrected chi connectivity index (χ0v) is 16.9. The molecule has 1 atom stereocenters. The molecule has 0 bridgehead atoms. The minimum absolute atomic E-state index is 0.122. The van der Waals surface area contributed by atoms with E-state index in [4.69, 9.17) is 10.6 Å². The lowest BCUT2D eigenvalue weighted by molar-refractivity contribution is -0.115. The Kier molecular flexibility index (Phi) is 6.20. The summed E-state index contributed by atoms with van der Waals surface area (Å²) in [6.07, 6.45) is 0.961. The normalized spacial score (nSPS) is 11.8. The number of rotatable bonds is 7. The first-order valence-electron chi connectivity index (χ1n) is 8.93. The highest BCUT2D eigenvalue weighted by Gasteiger charge is 2.20. The van der Waals surface area contributed by atoms with Crippen molar-refractivity contribution in [1.29, 1.82) is 0 Å². The smallest absolute Gasteiger partial charge is 0.237 e. The van der Waals surface area contributed by atoms with Crippen LogP contribution in [0.1, 0.15) is 19.4 Å². The predicted molar refractivity (Wildman–Crippen MR) is 112 cm³/mol. The quantitative estimate of drug-likeness (QED) is 0.469. The van der Waals surface area contributed by atoms with Gasteiger partial charge in [-0.2, -0.15) is 0 Å². The summed E-state index contributed by atoms with van der Waals surface area (Å²) in [5.41, 5.74) is 2.81. The van der Waals surface area contributed by atoms with E-state index in [1.54, 1.807) is 7.11 Å². The molecule has 0 spiro atoms. The van der Waals surface area contributed by atoms with E-state index in [2.05, 4.69) is 22.4 Å². The summed E-state index contributed by atoms with van der Waals surface area (Å²) in [4.78, 5) is 12.5. The Bertz CT molecular complexity index is 938. The summed E-state index contributed by atoms with van der Waals surface area (Å²) >= 11 is 1.26. The maximum atomic E-state index is 12.5. The van der Waals surface area contributed by atoms with Crippen LogP contribution in [0.2, 0.25) is 0 Å². The van der Waals surface area contributed by atoms with Gasteiger partial charge in [-0.05, 0) is 55.3 Å². The Balaban J connectivity index is 1.67. The fraction of sp³-hybridized carbons (Fsp3) is 0.250. The second-order valence-corrected chi connectivity index (χ2v) is 7.51. The zero-order chi connectivity index (χ0) is 20.1. The first-order valence-corrected chi connectivity index (χ1v) is 9.81. The van der Waals surface area contributed by atoms with Crippen LogP contribution in [0.25, 0.3) is 11.4 Å². The highest BCUT2D eigenvalue weighted by molar-refractivity contribution is 8.00. The maximum Gasteiger partial charge on any atom is 0.237 e. The number of thioether (sulfide) groups is 1. The second-order valence-electron chi connectivity index (χ2n) is 6.20. The Morgan fingerprint density at radius 1 is 1.18 bits per heavy atom. The predicted octanol–water partition coefficient (Wildman–Crippen LogP) is 3.35. The van der Waals surface area contributed by atoms with Crippen molar-refractivity contribution >= 4 is 23.4 Å². The van der Waals surface area contributed by atoms with Crippen molar-refractivity contribution in [2.75, 3.05) is 18.3 Å². The van der Waals surface area contributed by atoms with Gasteiger partial charge in [-0.15, -0.1) is 10.2 Å². The van der Waals surface area contributed by atoms with Crippen LogP contribution in [-0.4, -0.2) is 33.1 Å². The number of anilines is 1. The summed E-state index contributed by atoms with van der Waals surface area (Å²) in [6, 6.07) is 15.2. The van der Waals surface area contributed by atoms with Gasteiger partial charge in [0.15, 0.2) is 5.82 Å². The number of nitrogens with two attached hydrogens (primary N) is 1. The molecule has 2 aromatic carbocycles. The highest BCUT2D eigenvalue weighted by atomic mass is 32.2. The number of methoxy groups -OCH3 is 1. The highest BCUT2D eigenvalue weighted by Crippen LogP contribution is 2.26. The number of hydrogen-bond donors (Lipinski definition) is 2. The molecule has 0 radical (unpaired) electrons. The lowest BCUT2D eigenvalue weighted by Crippen LogP contribution is -2.23. The Labute approximate surface area is 168 Å². The van der Waals surface area contributed by atoms with Crippen LogP contribution in [0.15, 0.2) is 53.7 Å². The van der Waals surface area contributed by atoms with Gasteiger partial charge < -0.3 is 15.9 Å². The second kappa shape index (κ2) is 8.79. The number of nitrogens with zero attached hydrogens (tertiary/aromatic N) is 3. The summed E-state index contributed by atoms with van der Waals surface area (Å²) in [6.45, 7) is 3.90. The van der Waals surface area contributed by atoms with Crippen LogP contribution in [0.3, 0.4) is 0 Å². The molecular formula is C20H23N5O2S. The van der Waals surface area contributed by atoms with Crippen LogP contribution in [0.5, 0.6) is 5.75 Å². The number of hydrogen-bond acceptors (Lipinski definition) is 6. The fourth-order valence-electron chi connectivity index (χ4n) is 2.57. The average molecular weight is 398 g/mol. The molecule has 3 rings (SSSR count). The lowest BCUT2D eigenvalue weighted by Gasteiger charge is -2.12. The van der Waals surface area contributed by atoms with E-state index in [0.29, 0.717) is 11.0 Å². The Morgan fingerprint density at radius 2 is 1.86 bits per heavy atom. The number of aryl methyl sites for hydroxylation is 1. The average Bonchev–Trinajstić information content (AvgIpc) is 3.08. The van der Waals surface area contributed by atoms with Crippen LogP contribution in [-0.2, 0) is 11.2 Å². The first-order chi connectivity index (χ1) is 13.5.